The number of nitrogens with two attached hydrogens (primary N) is 1. The number of anilines is 2. The van der Waals surface area contributed by atoms with Crippen molar-refractivity contribution >= 4 is 11.4 Å². The molecule has 0 saturated heterocycles. The van der Waals surface area contributed by atoms with Gasteiger partial charge in [-0.2, -0.15) is 0 Å². The van der Waals surface area contributed by atoms with E-state index >= 15 is 0 Å². The minimum Gasteiger partial charge on any atom is -0.397 e. The van der Waals surface area contributed by atoms with Crippen LogP contribution in [-0.2, 0) is 0 Å². The zero-order valence-electron chi connectivity index (χ0n) is 10.1. The van der Waals surface area contributed by atoms with E-state index in [0.717, 1.165) is 18.8 Å². The molecule has 0 bridgehead atoms. The fourth-order valence-electron chi connectivity index (χ4n) is 1.32. The smallest absolute Gasteiger partial charge is 0.125 e. The maximum Gasteiger partial charge on any atom is 0.125 e. The van der Waals surface area contributed by atoms with Gasteiger partial charge in [0, 0.05) is 19.1 Å². The quantitative estimate of drug-likeness (QED) is 0.754. The summed E-state index contributed by atoms with van der Waals surface area (Å²) in [5, 5.41) is 3.19. The monoisotopic (exact) mass is 225 g/mol. The Bertz CT molecular complexity index is 339. The highest BCUT2D eigenvalue weighted by molar-refractivity contribution is 5.65. The summed E-state index contributed by atoms with van der Waals surface area (Å²) >= 11 is 0. The molecule has 0 spiro atoms. The predicted molar refractivity (Wildman–Crippen MR) is 67.1 cm³/mol. The normalized spacial score (nSPS) is 11.1. The van der Waals surface area contributed by atoms with Gasteiger partial charge in [0.05, 0.1) is 11.4 Å². The van der Waals surface area contributed by atoms with Gasteiger partial charge in [-0.05, 0) is 39.1 Å². The molecule has 0 heterocycles. The lowest BCUT2D eigenvalue weighted by atomic mass is 10.2. The maximum absolute atomic E-state index is 12.8. The van der Waals surface area contributed by atoms with Gasteiger partial charge in [0.2, 0.25) is 0 Å². The van der Waals surface area contributed by atoms with Crippen LogP contribution in [0.25, 0.3) is 0 Å². The molecule has 0 aromatic heterocycles. The molecule has 16 heavy (non-hydrogen) atoms. The summed E-state index contributed by atoms with van der Waals surface area (Å²) < 4.78 is 12.8. The number of nitrogens with zero attached hydrogens (tertiary/aromatic N) is 1. The van der Waals surface area contributed by atoms with Crippen LogP contribution in [0.2, 0.25) is 0 Å². The molecule has 1 aromatic carbocycles. The molecule has 0 saturated carbocycles. The molecule has 90 valence electrons. The summed E-state index contributed by atoms with van der Waals surface area (Å²) in [5.41, 5.74) is 6.92. The van der Waals surface area contributed by atoms with Gasteiger partial charge >= 0.3 is 0 Å². The van der Waals surface area contributed by atoms with Crippen LogP contribution < -0.4 is 11.1 Å². The summed E-state index contributed by atoms with van der Waals surface area (Å²) in [6, 6.07) is 4.92. The zero-order chi connectivity index (χ0) is 12.1. The van der Waals surface area contributed by atoms with Gasteiger partial charge in [-0.1, -0.05) is 0 Å². The average Bonchev–Trinajstić information content (AvgIpc) is 2.20. The van der Waals surface area contributed by atoms with Gasteiger partial charge in [-0.25, -0.2) is 4.39 Å². The van der Waals surface area contributed by atoms with Crippen LogP contribution in [0.4, 0.5) is 15.8 Å². The van der Waals surface area contributed by atoms with Crippen molar-refractivity contribution < 1.29 is 4.39 Å². The van der Waals surface area contributed by atoms with Crippen LogP contribution >= 0.6 is 0 Å². The number of hydrogen-bond donors (Lipinski definition) is 2. The Kier molecular flexibility index (Phi) is 4.55. The first-order valence-corrected chi connectivity index (χ1v) is 5.50. The number of hydrogen-bond acceptors (Lipinski definition) is 3. The van der Waals surface area contributed by atoms with Crippen LogP contribution in [-0.4, -0.2) is 31.1 Å². The predicted octanol–water partition coefficient (Wildman–Crippen LogP) is 2.16. The van der Waals surface area contributed by atoms with E-state index in [0.29, 0.717) is 11.7 Å². The van der Waals surface area contributed by atoms with Crippen molar-refractivity contribution in [2.24, 2.45) is 0 Å². The number of nitrogen functional groups attached to an aromatic ring is 1. The van der Waals surface area contributed by atoms with E-state index in [-0.39, 0.29) is 5.82 Å². The minimum absolute atomic E-state index is 0.303. The molecule has 0 aliphatic rings. The first-order valence-electron chi connectivity index (χ1n) is 5.50. The first kappa shape index (κ1) is 12.8. The molecule has 0 atom stereocenters. The molecule has 0 aliphatic heterocycles. The molecular formula is C12H20FN3. The van der Waals surface area contributed by atoms with Gasteiger partial charge in [-0.3, -0.25) is 0 Å². The fourth-order valence-corrected chi connectivity index (χ4v) is 1.32. The van der Waals surface area contributed by atoms with E-state index in [9.17, 15) is 4.39 Å². The second kappa shape index (κ2) is 5.70. The zero-order valence-corrected chi connectivity index (χ0v) is 10.1. The van der Waals surface area contributed by atoms with Gasteiger partial charge < -0.3 is 16.0 Å². The largest absolute Gasteiger partial charge is 0.397 e. The summed E-state index contributed by atoms with van der Waals surface area (Å²) in [7, 11) is 2.07. The fraction of sp³-hybridized carbons (Fsp3) is 0.500. The Labute approximate surface area is 96.4 Å². The highest BCUT2D eigenvalue weighted by Gasteiger charge is 2.03. The van der Waals surface area contributed by atoms with Crippen molar-refractivity contribution in [1.29, 1.82) is 0 Å². The molecular weight excluding hydrogens is 205 g/mol. The molecule has 3 nitrogen and oxygen atoms in total. The van der Waals surface area contributed by atoms with Crippen LogP contribution in [0.5, 0.6) is 0 Å². The van der Waals surface area contributed by atoms with E-state index in [1.807, 2.05) is 0 Å². The molecule has 4 heteroatoms. The Balaban J connectivity index is 2.43. The van der Waals surface area contributed by atoms with Gasteiger partial charge in [0.25, 0.3) is 0 Å². The molecule has 0 radical (unpaired) electrons. The maximum atomic E-state index is 12.8. The number of nitrogens with one attached hydrogen (secondary N) is 1. The summed E-state index contributed by atoms with van der Waals surface area (Å²) in [6.45, 7) is 6.01. The van der Waals surface area contributed by atoms with Crippen molar-refractivity contribution in [1.82, 2.24) is 4.90 Å². The van der Waals surface area contributed by atoms with Crippen molar-refractivity contribution in [3.63, 3.8) is 0 Å². The SMILES string of the molecule is CC(C)N(C)CCNc1ccc(F)cc1N. The van der Waals surface area contributed by atoms with Crippen molar-refractivity contribution in [3.8, 4) is 0 Å². The average molecular weight is 225 g/mol. The second-order valence-corrected chi connectivity index (χ2v) is 4.23. The van der Waals surface area contributed by atoms with Crippen molar-refractivity contribution in [3.05, 3.63) is 24.0 Å². The van der Waals surface area contributed by atoms with E-state index in [1.54, 1.807) is 6.07 Å². The third-order valence-corrected chi connectivity index (χ3v) is 2.68. The highest BCUT2D eigenvalue weighted by Crippen LogP contribution is 2.18. The molecule has 1 aromatic rings. The van der Waals surface area contributed by atoms with Crippen LogP contribution in [0.1, 0.15) is 13.8 Å². The summed E-state index contributed by atoms with van der Waals surface area (Å²) in [6.07, 6.45) is 0. The topological polar surface area (TPSA) is 41.3 Å². The number of rotatable bonds is 5. The van der Waals surface area contributed by atoms with E-state index < -0.39 is 0 Å². The van der Waals surface area contributed by atoms with Crippen LogP contribution in [0, 0.1) is 5.82 Å². The lowest BCUT2D eigenvalue weighted by molar-refractivity contribution is 0.284. The minimum atomic E-state index is -0.303. The number of halogens is 1. The Morgan fingerprint density at radius 2 is 2.12 bits per heavy atom. The first-order chi connectivity index (χ1) is 7.50. The van der Waals surface area contributed by atoms with Gasteiger partial charge in [-0.15, -0.1) is 0 Å². The Morgan fingerprint density at radius 3 is 2.69 bits per heavy atom. The highest BCUT2D eigenvalue weighted by atomic mass is 19.1. The molecule has 0 fully saturated rings. The Hall–Kier alpha value is -1.29. The van der Waals surface area contributed by atoms with Crippen LogP contribution in [0.15, 0.2) is 18.2 Å². The number of benzene rings is 1. The van der Waals surface area contributed by atoms with Crippen molar-refractivity contribution in [2.75, 3.05) is 31.2 Å². The van der Waals surface area contributed by atoms with Crippen molar-refractivity contribution in [2.45, 2.75) is 19.9 Å². The molecule has 3 N–H and O–H groups in total. The second-order valence-electron chi connectivity index (χ2n) is 4.23. The third kappa shape index (κ3) is 3.70. The van der Waals surface area contributed by atoms with E-state index in [1.165, 1.54) is 12.1 Å². The van der Waals surface area contributed by atoms with Crippen LogP contribution in [0.3, 0.4) is 0 Å². The lowest BCUT2D eigenvalue weighted by Crippen LogP contribution is -2.31. The van der Waals surface area contributed by atoms with Gasteiger partial charge in [0.15, 0.2) is 0 Å². The molecule has 0 aliphatic carbocycles. The standard InChI is InChI=1S/C12H20FN3/c1-9(2)16(3)7-6-15-12-5-4-10(13)8-11(12)14/h4-5,8-9,15H,6-7,14H2,1-3H3. The Morgan fingerprint density at radius 1 is 1.44 bits per heavy atom. The number of likely N-dealkylation sites (N-methyl/N-ethyl adjacent to an activating group) is 1. The summed E-state index contributed by atoms with van der Waals surface area (Å²) in [4.78, 5) is 2.23. The van der Waals surface area contributed by atoms with E-state index in [4.69, 9.17) is 5.73 Å². The van der Waals surface area contributed by atoms with E-state index in [2.05, 4.69) is 31.1 Å². The lowest BCUT2D eigenvalue weighted by Gasteiger charge is -2.21. The molecule has 1 rings (SSSR count). The summed E-state index contributed by atoms with van der Waals surface area (Å²) in [5.74, 6) is -0.303. The molecule has 0 amide bonds. The molecule has 0 unspecified atom stereocenters. The van der Waals surface area contributed by atoms with Gasteiger partial charge in [0.1, 0.15) is 5.82 Å². The third-order valence-electron chi connectivity index (χ3n) is 2.68.